The number of aromatic nitrogens is 2. The van der Waals surface area contributed by atoms with Crippen LogP contribution in [0.4, 0.5) is 0 Å². The molecule has 0 fully saturated rings. The van der Waals surface area contributed by atoms with Crippen LogP contribution in [0.2, 0.25) is 5.02 Å². The smallest absolute Gasteiger partial charge is 0.265 e. The van der Waals surface area contributed by atoms with E-state index in [0.717, 1.165) is 11.2 Å². The number of nitrogens with zero attached hydrogens (tertiary/aromatic N) is 2. The van der Waals surface area contributed by atoms with Gasteiger partial charge in [-0.25, -0.2) is 4.98 Å². The van der Waals surface area contributed by atoms with E-state index in [0.29, 0.717) is 16.2 Å². The van der Waals surface area contributed by atoms with Crippen LogP contribution < -0.4 is 5.56 Å². The van der Waals surface area contributed by atoms with Crippen molar-refractivity contribution in [2.75, 3.05) is 0 Å². The van der Waals surface area contributed by atoms with Crippen LogP contribution in [0.25, 0.3) is 16.6 Å². The van der Waals surface area contributed by atoms with Gasteiger partial charge in [-0.2, -0.15) is 0 Å². The zero-order valence-electron chi connectivity index (χ0n) is 10.3. The fraction of sp³-hybridized carbons (Fsp3) is 0.0667. The highest BCUT2D eigenvalue weighted by atomic mass is 35.5. The van der Waals surface area contributed by atoms with Crippen molar-refractivity contribution in [3.63, 3.8) is 0 Å². The van der Waals surface area contributed by atoms with E-state index in [2.05, 4.69) is 4.98 Å². The van der Waals surface area contributed by atoms with Gasteiger partial charge in [0.2, 0.25) is 0 Å². The Morgan fingerprint density at radius 2 is 1.74 bits per heavy atom. The average Bonchev–Trinajstić information content (AvgIpc) is 2.41. The maximum Gasteiger partial charge on any atom is 0.265 e. The molecular formula is C15H11ClN2O. The van der Waals surface area contributed by atoms with Crippen molar-refractivity contribution in [2.24, 2.45) is 0 Å². The third-order valence-corrected chi connectivity index (χ3v) is 3.28. The van der Waals surface area contributed by atoms with Gasteiger partial charge in [0.1, 0.15) is 5.82 Å². The molecule has 94 valence electrons. The van der Waals surface area contributed by atoms with Crippen molar-refractivity contribution >= 4 is 22.5 Å². The molecule has 0 aliphatic heterocycles. The van der Waals surface area contributed by atoms with Gasteiger partial charge < -0.3 is 0 Å². The topological polar surface area (TPSA) is 34.9 Å². The van der Waals surface area contributed by atoms with Crippen LogP contribution >= 0.6 is 11.6 Å². The molecule has 0 amide bonds. The molecule has 0 atom stereocenters. The normalized spacial score (nSPS) is 10.8. The fourth-order valence-electron chi connectivity index (χ4n) is 2.14. The molecule has 3 aromatic rings. The summed E-state index contributed by atoms with van der Waals surface area (Å²) in [4.78, 5) is 17.0. The lowest BCUT2D eigenvalue weighted by Crippen LogP contribution is -2.22. The van der Waals surface area contributed by atoms with Crippen molar-refractivity contribution in [2.45, 2.75) is 6.92 Å². The number of halogens is 1. The van der Waals surface area contributed by atoms with Gasteiger partial charge in [-0.15, -0.1) is 0 Å². The quantitative estimate of drug-likeness (QED) is 0.680. The summed E-state index contributed by atoms with van der Waals surface area (Å²) < 4.78 is 1.60. The predicted octanol–water partition coefficient (Wildman–Crippen LogP) is 3.35. The van der Waals surface area contributed by atoms with Gasteiger partial charge in [0.25, 0.3) is 5.56 Å². The first-order chi connectivity index (χ1) is 9.16. The summed E-state index contributed by atoms with van der Waals surface area (Å²) in [5.74, 6) is 0.658. The summed E-state index contributed by atoms with van der Waals surface area (Å²) in [5, 5.41) is 1.26. The third kappa shape index (κ3) is 2.02. The number of hydrogen-bond donors (Lipinski definition) is 0. The maximum atomic E-state index is 12.5. The Bertz CT molecular complexity index is 806. The Hall–Kier alpha value is -2.13. The van der Waals surface area contributed by atoms with Gasteiger partial charge in [-0.1, -0.05) is 23.7 Å². The van der Waals surface area contributed by atoms with Crippen molar-refractivity contribution in [3.8, 4) is 5.69 Å². The van der Waals surface area contributed by atoms with Crippen LogP contribution in [0.3, 0.4) is 0 Å². The number of fused-ring (bicyclic) bond motifs is 1. The van der Waals surface area contributed by atoms with E-state index in [4.69, 9.17) is 11.6 Å². The van der Waals surface area contributed by atoms with E-state index < -0.39 is 0 Å². The SMILES string of the molecule is Cc1nc2ccccc2c(=O)n1-c1ccc(Cl)cc1. The van der Waals surface area contributed by atoms with Crippen LogP contribution in [-0.4, -0.2) is 9.55 Å². The van der Waals surface area contributed by atoms with Crippen molar-refractivity contribution in [3.05, 3.63) is 69.7 Å². The number of aryl methyl sites for hydroxylation is 1. The van der Waals surface area contributed by atoms with E-state index in [9.17, 15) is 4.79 Å². The number of para-hydroxylation sites is 1. The Morgan fingerprint density at radius 3 is 2.47 bits per heavy atom. The molecule has 3 rings (SSSR count). The van der Waals surface area contributed by atoms with Gasteiger partial charge in [-0.3, -0.25) is 9.36 Å². The molecule has 1 aromatic heterocycles. The molecule has 3 nitrogen and oxygen atoms in total. The highest BCUT2D eigenvalue weighted by molar-refractivity contribution is 6.30. The van der Waals surface area contributed by atoms with E-state index in [1.807, 2.05) is 37.3 Å². The average molecular weight is 271 g/mol. The Kier molecular flexibility index (Phi) is 2.84. The predicted molar refractivity (Wildman–Crippen MR) is 77.1 cm³/mol. The van der Waals surface area contributed by atoms with Crippen LogP contribution in [0.5, 0.6) is 0 Å². The third-order valence-electron chi connectivity index (χ3n) is 3.03. The molecule has 19 heavy (non-hydrogen) atoms. The second kappa shape index (κ2) is 4.52. The lowest BCUT2D eigenvalue weighted by molar-refractivity contribution is 0.895. The summed E-state index contributed by atoms with van der Waals surface area (Å²) in [7, 11) is 0. The van der Waals surface area contributed by atoms with Crippen LogP contribution in [-0.2, 0) is 0 Å². The number of hydrogen-bond acceptors (Lipinski definition) is 2. The first-order valence-electron chi connectivity index (χ1n) is 5.91. The molecule has 0 aliphatic carbocycles. The monoisotopic (exact) mass is 270 g/mol. The fourth-order valence-corrected chi connectivity index (χ4v) is 2.26. The highest BCUT2D eigenvalue weighted by Gasteiger charge is 2.08. The standard InChI is InChI=1S/C15H11ClN2O/c1-10-17-14-5-3-2-4-13(14)15(19)18(10)12-8-6-11(16)7-9-12/h2-9H,1H3. The molecule has 1 heterocycles. The van der Waals surface area contributed by atoms with E-state index in [1.165, 1.54) is 0 Å². The van der Waals surface area contributed by atoms with Gasteiger partial charge in [0, 0.05) is 5.02 Å². The molecule has 0 radical (unpaired) electrons. The Morgan fingerprint density at radius 1 is 1.05 bits per heavy atom. The molecule has 0 saturated carbocycles. The molecule has 0 saturated heterocycles. The van der Waals surface area contributed by atoms with Crippen LogP contribution in [0.15, 0.2) is 53.3 Å². The largest absolute Gasteiger partial charge is 0.268 e. The molecule has 4 heteroatoms. The molecule has 0 aliphatic rings. The zero-order valence-corrected chi connectivity index (χ0v) is 11.1. The summed E-state index contributed by atoms with van der Waals surface area (Å²) in [6, 6.07) is 14.5. The summed E-state index contributed by atoms with van der Waals surface area (Å²) in [6.45, 7) is 1.82. The molecular weight excluding hydrogens is 260 g/mol. The first kappa shape index (κ1) is 11.9. The van der Waals surface area contributed by atoms with Crippen molar-refractivity contribution < 1.29 is 0 Å². The summed E-state index contributed by atoms with van der Waals surface area (Å²) in [6.07, 6.45) is 0. The van der Waals surface area contributed by atoms with Crippen LogP contribution in [0, 0.1) is 6.92 Å². The molecule has 0 N–H and O–H groups in total. The second-order valence-corrected chi connectivity index (χ2v) is 4.73. The zero-order chi connectivity index (χ0) is 13.4. The van der Waals surface area contributed by atoms with Crippen LogP contribution in [0.1, 0.15) is 5.82 Å². The second-order valence-electron chi connectivity index (χ2n) is 4.29. The van der Waals surface area contributed by atoms with E-state index in [1.54, 1.807) is 22.8 Å². The number of benzene rings is 2. The van der Waals surface area contributed by atoms with Gasteiger partial charge >= 0.3 is 0 Å². The maximum absolute atomic E-state index is 12.5. The number of rotatable bonds is 1. The molecule has 0 unspecified atom stereocenters. The summed E-state index contributed by atoms with van der Waals surface area (Å²) in [5.41, 5.74) is 1.42. The minimum Gasteiger partial charge on any atom is -0.268 e. The molecule has 2 aromatic carbocycles. The van der Waals surface area contributed by atoms with Gasteiger partial charge in [0.15, 0.2) is 0 Å². The van der Waals surface area contributed by atoms with Crippen molar-refractivity contribution in [1.29, 1.82) is 0 Å². The van der Waals surface area contributed by atoms with E-state index >= 15 is 0 Å². The van der Waals surface area contributed by atoms with Gasteiger partial charge in [-0.05, 0) is 43.3 Å². The minimum absolute atomic E-state index is 0.0644. The lowest BCUT2D eigenvalue weighted by Gasteiger charge is -2.10. The summed E-state index contributed by atoms with van der Waals surface area (Å²) >= 11 is 5.87. The first-order valence-corrected chi connectivity index (χ1v) is 6.29. The Labute approximate surface area is 115 Å². The minimum atomic E-state index is -0.0644. The lowest BCUT2D eigenvalue weighted by atomic mass is 10.2. The van der Waals surface area contributed by atoms with Gasteiger partial charge in [0.05, 0.1) is 16.6 Å². The molecule has 0 bridgehead atoms. The van der Waals surface area contributed by atoms with E-state index in [-0.39, 0.29) is 5.56 Å². The highest BCUT2D eigenvalue weighted by Crippen LogP contribution is 2.15. The van der Waals surface area contributed by atoms with Crippen molar-refractivity contribution in [1.82, 2.24) is 9.55 Å². The Balaban J connectivity index is 2.35. The molecule has 0 spiro atoms.